The molecule has 4 nitrogen and oxygen atoms in total. The third kappa shape index (κ3) is 2.47. The molecule has 0 N–H and O–H groups in total. The lowest BCUT2D eigenvalue weighted by Gasteiger charge is -2.19. The Morgan fingerprint density at radius 1 is 1.44 bits per heavy atom. The van der Waals surface area contributed by atoms with E-state index in [0.717, 1.165) is 24.4 Å². The number of furan rings is 1. The van der Waals surface area contributed by atoms with E-state index in [9.17, 15) is 8.42 Å². The van der Waals surface area contributed by atoms with E-state index >= 15 is 0 Å². The van der Waals surface area contributed by atoms with E-state index in [4.69, 9.17) is 4.42 Å². The molecule has 0 aliphatic heterocycles. The first-order chi connectivity index (χ1) is 7.53. The summed E-state index contributed by atoms with van der Waals surface area (Å²) in [4.78, 5) is 0. The van der Waals surface area contributed by atoms with Crippen LogP contribution in [0.25, 0.3) is 0 Å². The minimum Gasteiger partial charge on any atom is -0.465 e. The maximum Gasteiger partial charge on any atom is 0.214 e. The summed E-state index contributed by atoms with van der Waals surface area (Å²) >= 11 is 0. The first-order valence-electron chi connectivity index (χ1n) is 5.58. The van der Waals surface area contributed by atoms with Crippen molar-refractivity contribution in [2.45, 2.75) is 39.3 Å². The number of aryl methyl sites for hydroxylation is 1. The second kappa shape index (κ2) is 4.22. The van der Waals surface area contributed by atoms with Crippen molar-refractivity contribution in [2.24, 2.45) is 0 Å². The molecule has 0 amide bonds. The zero-order chi connectivity index (χ0) is 11.8. The predicted octanol–water partition coefficient (Wildman–Crippen LogP) is 1.90. The minimum absolute atomic E-state index is 0.156. The second-order valence-corrected chi connectivity index (χ2v) is 6.40. The molecule has 1 aliphatic carbocycles. The van der Waals surface area contributed by atoms with Crippen LogP contribution in [0.3, 0.4) is 0 Å². The monoisotopic (exact) mass is 243 g/mol. The molecule has 1 fully saturated rings. The molecule has 0 spiro atoms. The Balaban J connectivity index is 2.15. The molecule has 0 radical (unpaired) electrons. The lowest BCUT2D eigenvalue weighted by molar-refractivity contribution is 0.352. The molecule has 1 aliphatic rings. The highest BCUT2D eigenvalue weighted by Crippen LogP contribution is 2.31. The molecule has 1 saturated carbocycles. The van der Waals surface area contributed by atoms with Crippen molar-refractivity contribution in [1.82, 2.24) is 4.31 Å². The summed E-state index contributed by atoms with van der Waals surface area (Å²) in [5, 5.41) is 0. The van der Waals surface area contributed by atoms with Gasteiger partial charge >= 0.3 is 0 Å². The van der Waals surface area contributed by atoms with E-state index in [2.05, 4.69) is 0 Å². The third-order valence-corrected chi connectivity index (χ3v) is 4.66. The molecular formula is C11H17NO3S. The van der Waals surface area contributed by atoms with Gasteiger partial charge in [-0.2, -0.15) is 4.31 Å². The lowest BCUT2D eigenvalue weighted by Crippen LogP contribution is -2.33. The zero-order valence-corrected chi connectivity index (χ0v) is 10.5. The Bertz CT molecular complexity index is 459. The first kappa shape index (κ1) is 11.7. The Morgan fingerprint density at radius 2 is 2.12 bits per heavy atom. The fourth-order valence-electron chi connectivity index (χ4n) is 1.71. The molecule has 16 heavy (non-hydrogen) atoms. The van der Waals surface area contributed by atoms with Crippen molar-refractivity contribution in [3.05, 3.63) is 23.7 Å². The molecule has 0 atom stereocenters. The predicted molar refractivity (Wildman–Crippen MR) is 61.5 cm³/mol. The van der Waals surface area contributed by atoms with E-state index in [1.54, 1.807) is 11.2 Å². The Morgan fingerprint density at radius 3 is 2.56 bits per heavy atom. The van der Waals surface area contributed by atoms with Gasteiger partial charge in [0.05, 0.1) is 12.3 Å². The maximum absolute atomic E-state index is 11.9. The average molecular weight is 243 g/mol. The third-order valence-electron chi connectivity index (χ3n) is 2.78. The van der Waals surface area contributed by atoms with Gasteiger partial charge in [0, 0.05) is 6.04 Å². The Hall–Kier alpha value is -0.810. The van der Waals surface area contributed by atoms with Crippen molar-refractivity contribution in [3.63, 3.8) is 0 Å². The highest BCUT2D eigenvalue weighted by molar-refractivity contribution is 7.89. The van der Waals surface area contributed by atoms with E-state index < -0.39 is 10.0 Å². The fraction of sp³-hybridized carbons (Fsp3) is 0.636. The number of sulfonamides is 1. The molecule has 90 valence electrons. The van der Waals surface area contributed by atoms with Crippen molar-refractivity contribution >= 4 is 10.0 Å². The van der Waals surface area contributed by atoms with Crippen LogP contribution in [-0.2, 0) is 16.6 Å². The van der Waals surface area contributed by atoms with Gasteiger partial charge in [-0.15, -0.1) is 0 Å². The standard InChI is InChI=1S/C11H17NO3S/c1-3-16(13,14)12(10-5-6-10)8-11-7-4-9(2)15-11/h4,7,10H,3,5-6,8H2,1-2H3. The molecule has 0 bridgehead atoms. The van der Waals surface area contributed by atoms with Crippen molar-refractivity contribution < 1.29 is 12.8 Å². The number of hydrogen-bond donors (Lipinski definition) is 0. The topological polar surface area (TPSA) is 50.5 Å². The van der Waals surface area contributed by atoms with Gasteiger partial charge in [0.2, 0.25) is 10.0 Å². The average Bonchev–Trinajstić information content (AvgIpc) is 2.99. The smallest absolute Gasteiger partial charge is 0.214 e. The number of hydrogen-bond acceptors (Lipinski definition) is 3. The van der Waals surface area contributed by atoms with Crippen LogP contribution in [0.4, 0.5) is 0 Å². The zero-order valence-electron chi connectivity index (χ0n) is 9.64. The SMILES string of the molecule is CCS(=O)(=O)N(Cc1ccc(C)o1)C1CC1. The van der Waals surface area contributed by atoms with Crippen LogP contribution in [0.5, 0.6) is 0 Å². The molecule has 0 aromatic carbocycles. The maximum atomic E-state index is 11.9. The van der Waals surface area contributed by atoms with Gasteiger partial charge in [0.15, 0.2) is 0 Å². The van der Waals surface area contributed by atoms with Crippen molar-refractivity contribution in [3.8, 4) is 0 Å². The second-order valence-electron chi connectivity index (χ2n) is 4.19. The van der Waals surface area contributed by atoms with Crippen molar-refractivity contribution in [2.75, 3.05) is 5.75 Å². The molecule has 5 heteroatoms. The largest absolute Gasteiger partial charge is 0.465 e. The van der Waals surface area contributed by atoms with E-state index in [1.165, 1.54) is 0 Å². The fourth-order valence-corrected chi connectivity index (χ4v) is 3.03. The van der Waals surface area contributed by atoms with Crippen LogP contribution in [0.15, 0.2) is 16.5 Å². The van der Waals surface area contributed by atoms with Gasteiger partial charge in [0.1, 0.15) is 11.5 Å². The molecule has 1 heterocycles. The van der Waals surface area contributed by atoms with Crippen LogP contribution in [0.2, 0.25) is 0 Å². The van der Waals surface area contributed by atoms with Crippen LogP contribution in [-0.4, -0.2) is 24.5 Å². The van der Waals surface area contributed by atoms with Crippen LogP contribution in [0.1, 0.15) is 31.3 Å². The van der Waals surface area contributed by atoms with Crippen LogP contribution in [0, 0.1) is 6.92 Å². The van der Waals surface area contributed by atoms with Gasteiger partial charge in [-0.25, -0.2) is 8.42 Å². The van der Waals surface area contributed by atoms with Crippen LogP contribution >= 0.6 is 0 Å². The summed E-state index contributed by atoms with van der Waals surface area (Å²) < 4.78 is 30.8. The summed E-state index contributed by atoms with van der Waals surface area (Å²) in [6.07, 6.45) is 1.94. The summed E-state index contributed by atoms with van der Waals surface area (Å²) in [6, 6.07) is 3.89. The van der Waals surface area contributed by atoms with Gasteiger partial charge in [0.25, 0.3) is 0 Å². The summed E-state index contributed by atoms with van der Waals surface area (Å²) in [7, 11) is -3.11. The van der Waals surface area contributed by atoms with Gasteiger partial charge in [-0.05, 0) is 38.8 Å². The molecule has 0 saturated heterocycles. The molecule has 0 unspecified atom stereocenters. The minimum atomic E-state index is -3.11. The number of rotatable bonds is 5. The normalized spacial score (nSPS) is 16.9. The first-order valence-corrected chi connectivity index (χ1v) is 7.18. The lowest BCUT2D eigenvalue weighted by atomic mass is 10.4. The van der Waals surface area contributed by atoms with E-state index in [-0.39, 0.29) is 11.8 Å². The molecule has 2 rings (SSSR count). The van der Waals surface area contributed by atoms with Gasteiger partial charge in [-0.3, -0.25) is 0 Å². The summed E-state index contributed by atoms with van der Waals surface area (Å²) in [5.74, 6) is 1.70. The van der Waals surface area contributed by atoms with Crippen molar-refractivity contribution in [1.29, 1.82) is 0 Å². The highest BCUT2D eigenvalue weighted by atomic mass is 32.2. The molecule has 1 aromatic heterocycles. The Kier molecular flexibility index (Phi) is 3.08. The highest BCUT2D eigenvalue weighted by Gasteiger charge is 2.36. The summed E-state index contributed by atoms with van der Waals surface area (Å²) in [6.45, 7) is 3.91. The molecular weight excluding hydrogens is 226 g/mol. The van der Waals surface area contributed by atoms with E-state index in [0.29, 0.717) is 6.54 Å². The molecule has 1 aromatic rings. The quantitative estimate of drug-likeness (QED) is 0.793. The van der Waals surface area contributed by atoms with Gasteiger partial charge < -0.3 is 4.42 Å². The van der Waals surface area contributed by atoms with E-state index in [1.807, 2.05) is 19.1 Å². The summed E-state index contributed by atoms with van der Waals surface area (Å²) in [5.41, 5.74) is 0. The van der Waals surface area contributed by atoms with Crippen LogP contribution < -0.4 is 0 Å². The number of nitrogens with zero attached hydrogens (tertiary/aromatic N) is 1. The Labute approximate surface area is 96.3 Å². The van der Waals surface area contributed by atoms with Gasteiger partial charge in [-0.1, -0.05) is 0 Å².